The fraction of sp³-hybridized carbons (Fsp3) is 0.393. The van der Waals surface area contributed by atoms with Crippen LogP contribution in [0.1, 0.15) is 18.4 Å². The minimum atomic E-state index is 0.0435. The number of benzene rings is 2. The summed E-state index contributed by atoms with van der Waals surface area (Å²) in [5.74, 6) is 3.19. The summed E-state index contributed by atoms with van der Waals surface area (Å²) in [5.41, 5.74) is 2.19. The van der Waals surface area contributed by atoms with Gasteiger partial charge in [-0.1, -0.05) is 24.3 Å². The summed E-state index contributed by atoms with van der Waals surface area (Å²) < 4.78 is 11.5. The third-order valence-corrected chi connectivity index (χ3v) is 7.10. The molecule has 1 amide bonds. The highest BCUT2D eigenvalue weighted by molar-refractivity contribution is 5.79. The highest BCUT2D eigenvalue weighted by atomic mass is 16.5. The molecule has 8 nitrogen and oxygen atoms in total. The number of hydrogen-bond acceptors (Lipinski definition) is 7. The highest BCUT2D eigenvalue weighted by Gasteiger charge is 2.32. The number of para-hydroxylation sites is 1. The maximum absolute atomic E-state index is 13.3. The molecule has 0 spiro atoms. The molecule has 2 aliphatic heterocycles. The molecule has 2 aliphatic rings. The van der Waals surface area contributed by atoms with Crippen molar-refractivity contribution in [2.24, 2.45) is 5.92 Å². The van der Waals surface area contributed by atoms with Crippen LogP contribution in [0.5, 0.6) is 17.4 Å². The van der Waals surface area contributed by atoms with Gasteiger partial charge in [0.1, 0.15) is 11.5 Å². The summed E-state index contributed by atoms with van der Waals surface area (Å²) in [5, 5.41) is 0. The zero-order valence-corrected chi connectivity index (χ0v) is 21.0. The third-order valence-electron chi connectivity index (χ3n) is 7.10. The van der Waals surface area contributed by atoms with E-state index in [1.54, 1.807) is 19.5 Å². The molecule has 2 saturated heterocycles. The SMILES string of the molecule is COc1cccc(N2CCN(C(=O)C3CCN(c4nccnc4Oc4ccccc4C)CC3)CC2)c1. The fourth-order valence-electron chi connectivity index (χ4n) is 4.97. The maximum Gasteiger partial charge on any atom is 0.263 e. The predicted octanol–water partition coefficient (Wildman–Crippen LogP) is 4.15. The van der Waals surface area contributed by atoms with Gasteiger partial charge in [0, 0.05) is 69.3 Å². The normalized spacial score (nSPS) is 16.7. The molecular formula is C28H33N5O3. The van der Waals surface area contributed by atoms with Crippen molar-refractivity contribution in [2.45, 2.75) is 19.8 Å². The number of nitrogens with zero attached hydrogens (tertiary/aromatic N) is 5. The van der Waals surface area contributed by atoms with Gasteiger partial charge in [-0.2, -0.15) is 0 Å². The average molecular weight is 488 g/mol. The van der Waals surface area contributed by atoms with Crippen LogP contribution in [0.3, 0.4) is 0 Å². The van der Waals surface area contributed by atoms with Crippen molar-refractivity contribution in [1.82, 2.24) is 14.9 Å². The van der Waals surface area contributed by atoms with E-state index in [2.05, 4.69) is 31.9 Å². The van der Waals surface area contributed by atoms with E-state index in [0.29, 0.717) is 5.88 Å². The number of piperazine rings is 1. The Morgan fingerprint density at radius 2 is 1.64 bits per heavy atom. The Bertz CT molecular complexity index is 1190. The number of carbonyl (C=O) groups is 1. The zero-order valence-electron chi connectivity index (χ0n) is 21.0. The molecule has 8 heteroatoms. The first-order valence-corrected chi connectivity index (χ1v) is 12.6. The summed E-state index contributed by atoms with van der Waals surface area (Å²) in [6.45, 7) is 6.67. The van der Waals surface area contributed by atoms with Crippen LogP contribution in [0.2, 0.25) is 0 Å². The van der Waals surface area contributed by atoms with E-state index in [1.807, 2.05) is 48.2 Å². The molecule has 0 bridgehead atoms. The molecule has 3 aromatic rings. The van der Waals surface area contributed by atoms with Crippen molar-refractivity contribution in [3.05, 3.63) is 66.5 Å². The largest absolute Gasteiger partial charge is 0.497 e. The minimum absolute atomic E-state index is 0.0435. The molecule has 0 radical (unpaired) electrons. The first-order chi connectivity index (χ1) is 17.6. The molecule has 0 atom stereocenters. The monoisotopic (exact) mass is 487 g/mol. The lowest BCUT2D eigenvalue weighted by atomic mass is 9.95. The van der Waals surface area contributed by atoms with Crippen LogP contribution in [0.15, 0.2) is 60.9 Å². The van der Waals surface area contributed by atoms with E-state index < -0.39 is 0 Å². The number of hydrogen-bond donors (Lipinski definition) is 0. The van der Waals surface area contributed by atoms with E-state index in [-0.39, 0.29) is 11.8 Å². The Morgan fingerprint density at radius 3 is 2.39 bits per heavy atom. The molecule has 0 N–H and O–H groups in total. The lowest BCUT2D eigenvalue weighted by molar-refractivity contribution is -0.136. The highest BCUT2D eigenvalue weighted by Crippen LogP contribution is 2.32. The predicted molar refractivity (Wildman–Crippen MR) is 140 cm³/mol. The van der Waals surface area contributed by atoms with E-state index in [1.165, 1.54) is 0 Å². The van der Waals surface area contributed by atoms with Crippen molar-refractivity contribution in [1.29, 1.82) is 0 Å². The third kappa shape index (κ3) is 5.22. The molecule has 0 saturated carbocycles. The number of amides is 1. The number of carbonyl (C=O) groups excluding carboxylic acids is 1. The van der Waals surface area contributed by atoms with Gasteiger partial charge in [0.2, 0.25) is 5.91 Å². The van der Waals surface area contributed by atoms with Crippen LogP contribution in [-0.2, 0) is 4.79 Å². The number of ether oxygens (including phenoxy) is 2. The van der Waals surface area contributed by atoms with Crippen molar-refractivity contribution in [2.75, 3.05) is 56.2 Å². The van der Waals surface area contributed by atoms with Crippen molar-refractivity contribution < 1.29 is 14.3 Å². The lowest BCUT2D eigenvalue weighted by Crippen LogP contribution is -2.51. The summed E-state index contributed by atoms with van der Waals surface area (Å²) in [7, 11) is 1.68. The molecule has 2 fully saturated rings. The van der Waals surface area contributed by atoms with Gasteiger partial charge >= 0.3 is 0 Å². The smallest absolute Gasteiger partial charge is 0.263 e. The maximum atomic E-state index is 13.3. The summed E-state index contributed by atoms with van der Waals surface area (Å²) in [6.07, 6.45) is 4.95. The molecule has 2 aromatic carbocycles. The number of rotatable bonds is 6. The number of anilines is 2. The van der Waals surface area contributed by atoms with Gasteiger partial charge in [-0.3, -0.25) is 4.79 Å². The standard InChI is InChI=1S/C28H33N5O3/c1-21-6-3-4-9-25(21)36-27-26(29-12-13-30-27)32-14-10-22(11-15-32)28(34)33-18-16-31(17-19-33)23-7-5-8-24(20-23)35-2/h3-9,12-13,20,22H,10-11,14-19H2,1-2H3. The Balaban J connectivity index is 1.16. The van der Waals surface area contributed by atoms with Crippen LogP contribution in [0.4, 0.5) is 11.5 Å². The first-order valence-electron chi connectivity index (χ1n) is 12.6. The molecule has 0 aliphatic carbocycles. The molecular weight excluding hydrogens is 454 g/mol. The molecule has 5 rings (SSSR count). The summed E-state index contributed by atoms with van der Waals surface area (Å²) in [4.78, 5) is 28.9. The Hall–Kier alpha value is -3.81. The van der Waals surface area contributed by atoms with Gasteiger partial charge in [-0.15, -0.1) is 0 Å². The van der Waals surface area contributed by atoms with Gasteiger partial charge in [-0.05, 0) is 43.5 Å². The van der Waals surface area contributed by atoms with Crippen LogP contribution in [0, 0.1) is 12.8 Å². The number of aromatic nitrogens is 2. The van der Waals surface area contributed by atoms with E-state index >= 15 is 0 Å². The van der Waals surface area contributed by atoms with Crippen LogP contribution in [0.25, 0.3) is 0 Å². The molecule has 3 heterocycles. The van der Waals surface area contributed by atoms with Crippen LogP contribution < -0.4 is 19.3 Å². The average Bonchev–Trinajstić information content (AvgIpc) is 2.94. The zero-order chi connectivity index (χ0) is 24.9. The first kappa shape index (κ1) is 23.9. The Kier molecular flexibility index (Phi) is 7.21. The lowest BCUT2D eigenvalue weighted by Gasteiger charge is -2.39. The van der Waals surface area contributed by atoms with Crippen molar-refractivity contribution in [3.8, 4) is 17.4 Å². The van der Waals surface area contributed by atoms with Gasteiger partial charge in [0.25, 0.3) is 5.88 Å². The number of methoxy groups -OCH3 is 1. The summed E-state index contributed by atoms with van der Waals surface area (Å²) in [6, 6.07) is 16.0. The number of piperidine rings is 1. The van der Waals surface area contributed by atoms with Gasteiger partial charge in [-0.25, -0.2) is 9.97 Å². The Labute approximate surface area is 212 Å². The second kappa shape index (κ2) is 10.8. The second-order valence-electron chi connectivity index (χ2n) is 9.33. The molecule has 0 unspecified atom stereocenters. The fourth-order valence-corrected chi connectivity index (χ4v) is 4.97. The van der Waals surface area contributed by atoms with Crippen LogP contribution >= 0.6 is 0 Å². The molecule has 1 aromatic heterocycles. The number of aryl methyl sites for hydroxylation is 1. The Morgan fingerprint density at radius 1 is 0.889 bits per heavy atom. The molecule has 36 heavy (non-hydrogen) atoms. The van der Waals surface area contributed by atoms with Crippen molar-refractivity contribution in [3.63, 3.8) is 0 Å². The van der Waals surface area contributed by atoms with E-state index in [0.717, 1.165) is 80.7 Å². The molecule has 188 valence electrons. The van der Waals surface area contributed by atoms with E-state index in [9.17, 15) is 4.79 Å². The van der Waals surface area contributed by atoms with Gasteiger partial charge < -0.3 is 24.2 Å². The van der Waals surface area contributed by atoms with Gasteiger partial charge in [0.05, 0.1) is 7.11 Å². The van der Waals surface area contributed by atoms with Crippen molar-refractivity contribution >= 4 is 17.4 Å². The van der Waals surface area contributed by atoms with E-state index in [4.69, 9.17) is 9.47 Å². The minimum Gasteiger partial charge on any atom is -0.497 e. The van der Waals surface area contributed by atoms with Crippen LogP contribution in [-0.4, -0.2) is 67.2 Å². The topological polar surface area (TPSA) is 71.0 Å². The second-order valence-corrected chi connectivity index (χ2v) is 9.33. The summed E-state index contributed by atoms with van der Waals surface area (Å²) >= 11 is 0. The van der Waals surface area contributed by atoms with Gasteiger partial charge in [0.15, 0.2) is 5.82 Å². The quantitative estimate of drug-likeness (QED) is 0.517.